The molecule has 2 saturated heterocycles. The van der Waals surface area contributed by atoms with E-state index in [0.717, 1.165) is 0 Å². The molecule has 1 aromatic carbocycles. The Balaban J connectivity index is 1.42. The van der Waals surface area contributed by atoms with E-state index in [1.54, 1.807) is 42.6 Å². The molecular weight excluding hydrogens is 460 g/mol. The molecule has 11 heteroatoms. The van der Waals surface area contributed by atoms with Crippen LogP contribution in [-0.4, -0.2) is 76.1 Å². The van der Waals surface area contributed by atoms with E-state index in [2.05, 4.69) is 10.3 Å². The fraction of sp³-hybridized carbons (Fsp3) is 0.435. The highest BCUT2D eigenvalue weighted by molar-refractivity contribution is 7.89. The van der Waals surface area contributed by atoms with Gasteiger partial charge in [0.05, 0.1) is 25.9 Å². The van der Waals surface area contributed by atoms with Crippen molar-refractivity contribution in [2.24, 2.45) is 5.92 Å². The zero-order valence-electron chi connectivity index (χ0n) is 19.0. The molecule has 3 heterocycles. The van der Waals surface area contributed by atoms with Crippen molar-refractivity contribution in [3.63, 3.8) is 0 Å². The van der Waals surface area contributed by atoms with Crippen molar-refractivity contribution in [2.75, 3.05) is 56.7 Å². The van der Waals surface area contributed by atoms with Crippen LogP contribution in [0.1, 0.15) is 23.2 Å². The van der Waals surface area contributed by atoms with Crippen LogP contribution in [0.2, 0.25) is 0 Å². The van der Waals surface area contributed by atoms with Gasteiger partial charge in [-0.05, 0) is 43.2 Å². The van der Waals surface area contributed by atoms with Crippen LogP contribution in [0.5, 0.6) is 0 Å². The van der Waals surface area contributed by atoms with Crippen LogP contribution in [0, 0.1) is 5.92 Å². The first-order valence-corrected chi connectivity index (χ1v) is 12.6. The number of nitrogens with zero attached hydrogens (tertiary/aromatic N) is 3. The number of amides is 1. The van der Waals surface area contributed by atoms with Gasteiger partial charge in [-0.3, -0.25) is 4.79 Å². The lowest BCUT2D eigenvalue weighted by Gasteiger charge is -2.34. The molecule has 182 valence electrons. The van der Waals surface area contributed by atoms with Crippen LogP contribution in [0.25, 0.3) is 0 Å². The van der Waals surface area contributed by atoms with E-state index in [-0.39, 0.29) is 16.7 Å². The standard InChI is InChI=1S/C23H28N4O6S/c1-32-23(29)18-4-2-5-19(16-18)25-22(28)17-7-10-26(11-8-17)21-20(6-3-9-24-21)34(30,31)27-12-14-33-15-13-27/h2-6,9,16-17H,7-8,10-15H2,1H3,(H,25,28). The fourth-order valence-electron chi connectivity index (χ4n) is 4.19. The number of ether oxygens (including phenoxy) is 2. The number of benzene rings is 1. The Hall–Kier alpha value is -3.02. The van der Waals surface area contributed by atoms with E-state index in [9.17, 15) is 18.0 Å². The van der Waals surface area contributed by atoms with Crippen LogP contribution < -0.4 is 10.2 Å². The molecule has 2 fully saturated rings. The summed E-state index contributed by atoms with van der Waals surface area (Å²) < 4.78 is 37.9. The Kier molecular flexibility index (Phi) is 7.44. The van der Waals surface area contributed by atoms with Gasteiger partial charge in [0.15, 0.2) is 0 Å². The number of hydrogen-bond acceptors (Lipinski definition) is 8. The number of rotatable bonds is 6. The van der Waals surface area contributed by atoms with Crippen molar-refractivity contribution in [1.82, 2.24) is 9.29 Å². The van der Waals surface area contributed by atoms with Gasteiger partial charge < -0.3 is 19.7 Å². The maximum absolute atomic E-state index is 13.2. The lowest BCUT2D eigenvalue weighted by atomic mass is 9.95. The summed E-state index contributed by atoms with van der Waals surface area (Å²) in [5, 5.41) is 2.87. The molecule has 1 aromatic heterocycles. The molecule has 0 bridgehead atoms. The fourth-order valence-corrected chi connectivity index (χ4v) is 5.76. The molecule has 1 amide bonds. The lowest BCUT2D eigenvalue weighted by molar-refractivity contribution is -0.120. The van der Waals surface area contributed by atoms with Crippen molar-refractivity contribution in [3.05, 3.63) is 48.2 Å². The molecule has 10 nitrogen and oxygen atoms in total. The average molecular weight is 489 g/mol. The SMILES string of the molecule is COC(=O)c1cccc(NC(=O)C2CCN(c3ncccc3S(=O)(=O)N3CCOCC3)CC2)c1. The Bertz CT molecular complexity index is 1140. The Morgan fingerprint density at radius 1 is 1.09 bits per heavy atom. The molecule has 34 heavy (non-hydrogen) atoms. The van der Waals surface area contributed by atoms with E-state index in [0.29, 0.717) is 69.3 Å². The summed E-state index contributed by atoms with van der Waals surface area (Å²) >= 11 is 0. The first-order valence-electron chi connectivity index (χ1n) is 11.2. The van der Waals surface area contributed by atoms with Crippen molar-refractivity contribution in [1.29, 1.82) is 0 Å². The predicted octanol–water partition coefficient (Wildman–Crippen LogP) is 1.74. The van der Waals surface area contributed by atoms with Crippen LogP contribution in [0.4, 0.5) is 11.5 Å². The first kappa shape index (κ1) is 24.1. The van der Waals surface area contributed by atoms with Crippen LogP contribution in [0.3, 0.4) is 0 Å². The predicted molar refractivity (Wildman–Crippen MR) is 125 cm³/mol. The van der Waals surface area contributed by atoms with Crippen molar-refractivity contribution >= 4 is 33.4 Å². The number of esters is 1. The smallest absolute Gasteiger partial charge is 0.337 e. The van der Waals surface area contributed by atoms with E-state index in [1.165, 1.54) is 11.4 Å². The van der Waals surface area contributed by atoms with Gasteiger partial charge in [0.1, 0.15) is 10.7 Å². The zero-order valence-corrected chi connectivity index (χ0v) is 19.8. The summed E-state index contributed by atoms with van der Waals surface area (Å²) in [4.78, 5) is 31.0. The number of carbonyl (C=O) groups excluding carboxylic acids is 2. The summed E-state index contributed by atoms with van der Waals surface area (Å²) in [5.74, 6) is -0.425. The van der Waals surface area contributed by atoms with Crippen LogP contribution in [0.15, 0.2) is 47.5 Å². The second-order valence-electron chi connectivity index (χ2n) is 8.16. The number of morpholine rings is 1. The molecule has 1 N–H and O–H groups in total. The molecule has 0 aliphatic carbocycles. The molecular formula is C23H28N4O6S. The zero-order chi connectivity index (χ0) is 24.1. The van der Waals surface area contributed by atoms with Crippen molar-refractivity contribution < 1.29 is 27.5 Å². The number of pyridine rings is 1. The second kappa shape index (κ2) is 10.5. The summed E-state index contributed by atoms with van der Waals surface area (Å²) in [5.41, 5.74) is 0.887. The summed E-state index contributed by atoms with van der Waals surface area (Å²) in [7, 11) is -2.39. The molecule has 0 saturated carbocycles. The van der Waals surface area contributed by atoms with Crippen LogP contribution in [-0.2, 0) is 24.3 Å². The number of piperidine rings is 1. The third-order valence-corrected chi connectivity index (χ3v) is 7.97. The maximum atomic E-state index is 13.2. The summed E-state index contributed by atoms with van der Waals surface area (Å²) in [6.07, 6.45) is 2.69. The molecule has 0 atom stereocenters. The maximum Gasteiger partial charge on any atom is 0.337 e. The Labute approximate surface area is 198 Å². The van der Waals surface area contributed by atoms with E-state index in [1.807, 2.05) is 4.90 Å². The normalized spacial score (nSPS) is 17.9. The third kappa shape index (κ3) is 5.21. The third-order valence-electron chi connectivity index (χ3n) is 6.06. The highest BCUT2D eigenvalue weighted by Gasteiger charge is 2.33. The molecule has 0 spiro atoms. The number of hydrogen-bond donors (Lipinski definition) is 1. The van der Waals surface area contributed by atoms with Crippen molar-refractivity contribution in [3.8, 4) is 0 Å². The highest BCUT2D eigenvalue weighted by Crippen LogP contribution is 2.30. The van der Waals surface area contributed by atoms with Gasteiger partial charge in [0.25, 0.3) is 0 Å². The molecule has 2 aliphatic rings. The van der Waals surface area contributed by atoms with Crippen LogP contribution >= 0.6 is 0 Å². The lowest BCUT2D eigenvalue weighted by Crippen LogP contribution is -2.42. The molecule has 0 radical (unpaired) electrons. The number of sulfonamides is 1. The largest absolute Gasteiger partial charge is 0.465 e. The van der Waals surface area contributed by atoms with Gasteiger partial charge in [0.2, 0.25) is 15.9 Å². The monoisotopic (exact) mass is 488 g/mol. The quantitative estimate of drug-likeness (QED) is 0.611. The molecule has 2 aromatic rings. The molecule has 2 aliphatic heterocycles. The van der Waals surface area contributed by atoms with E-state index < -0.39 is 16.0 Å². The Morgan fingerprint density at radius 2 is 1.82 bits per heavy atom. The summed E-state index contributed by atoms with van der Waals surface area (Å²) in [6.45, 7) is 2.38. The van der Waals surface area contributed by atoms with Crippen molar-refractivity contribution in [2.45, 2.75) is 17.7 Å². The minimum Gasteiger partial charge on any atom is -0.465 e. The number of anilines is 2. The summed E-state index contributed by atoms with van der Waals surface area (Å²) in [6, 6.07) is 9.81. The van der Waals surface area contributed by atoms with Gasteiger partial charge in [-0.1, -0.05) is 6.07 Å². The minimum atomic E-state index is -3.69. The highest BCUT2D eigenvalue weighted by atomic mass is 32.2. The topological polar surface area (TPSA) is 118 Å². The average Bonchev–Trinajstić information content (AvgIpc) is 2.89. The number of nitrogens with one attached hydrogen (secondary N) is 1. The van der Waals surface area contributed by atoms with Gasteiger partial charge in [-0.15, -0.1) is 0 Å². The second-order valence-corrected chi connectivity index (χ2v) is 10.1. The molecule has 0 unspecified atom stereocenters. The number of methoxy groups -OCH3 is 1. The number of aromatic nitrogens is 1. The van der Waals surface area contributed by atoms with Gasteiger partial charge in [-0.2, -0.15) is 4.31 Å². The van der Waals surface area contributed by atoms with E-state index in [4.69, 9.17) is 9.47 Å². The van der Waals surface area contributed by atoms with Gasteiger partial charge >= 0.3 is 5.97 Å². The van der Waals surface area contributed by atoms with E-state index >= 15 is 0 Å². The number of carbonyl (C=O) groups is 2. The first-order chi connectivity index (χ1) is 16.4. The minimum absolute atomic E-state index is 0.135. The Morgan fingerprint density at radius 3 is 2.53 bits per heavy atom. The molecule has 4 rings (SSSR count). The van der Waals surface area contributed by atoms with Gasteiger partial charge in [0, 0.05) is 44.0 Å². The van der Waals surface area contributed by atoms with Gasteiger partial charge in [-0.25, -0.2) is 18.2 Å².